The van der Waals surface area contributed by atoms with E-state index in [2.05, 4.69) is 15.3 Å². The van der Waals surface area contributed by atoms with Crippen molar-refractivity contribution in [3.05, 3.63) is 35.9 Å². The van der Waals surface area contributed by atoms with Crippen LogP contribution in [0.3, 0.4) is 0 Å². The second-order valence-electron chi connectivity index (χ2n) is 6.04. The van der Waals surface area contributed by atoms with Gasteiger partial charge in [0.15, 0.2) is 0 Å². The van der Waals surface area contributed by atoms with E-state index in [0.29, 0.717) is 32.2 Å². The van der Waals surface area contributed by atoms with Crippen LogP contribution in [0.2, 0.25) is 0 Å². The molecule has 0 heterocycles. The summed E-state index contributed by atoms with van der Waals surface area (Å²) in [5.74, 6) is -0.703. The van der Waals surface area contributed by atoms with Gasteiger partial charge in [0.05, 0.1) is 13.2 Å². The van der Waals surface area contributed by atoms with Crippen molar-refractivity contribution in [2.45, 2.75) is 50.6 Å². The predicted molar refractivity (Wildman–Crippen MR) is 99.6 cm³/mol. The van der Waals surface area contributed by atoms with E-state index in [0.717, 1.165) is 5.56 Å². The summed E-state index contributed by atoms with van der Waals surface area (Å²) in [6, 6.07) is 8.16. The minimum atomic E-state index is -1.30. The maximum Gasteiger partial charge on any atom is 0.325 e. The van der Waals surface area contributed by atoms with E-state index in [4.69, 9.17) is 9.84 Å². The molecule has 0 amide bonds. The lowest BCUT2D eigenvalue weighted by Gasteiger charge is -2.22. The summed E-state index contributed by atoms with van der Waals surface area (Å²) in [5.41, 5.74) is 0.827. The summed E-state index contributed by atoms with van der Waals surface area (Å²) < 4.78 is 5.29. The molecule has 0 bridgehead atoms. The standard InChI is InChI=1S/C19H25N3O6/c23-12-17(26)22-16(11-15-7-3-1-4-8-15)19(27)28-18(21-14-25)9-5-2-6-10-20-13-24/h1,3-4,7-8,16-18,22-23,26H,2,5-6,9-12H2/t16-,17?,18?/m0/s1. The highest BCUT2D eigenvalue weighted by molar-refractivity contribution is 5.76. The molecule has 0 saturated heterocycles. The maximum atomic E-state index is 12.5. The highest BCUT2D eigenvalue weighted by atomic mass is 16.6. The minimum absolute atomic E-state index is 0.220. The van der Waals surface area contributed by atoms with Gasteiger partial charge in [-0.1, -0.05) is 36.8 Å². The van der Waals surface area contributed by atoms with Crippen molar-refractivity contribution >= 4 is 18.1 Å². The third kappa shape index (κ3) is 9.87. The fourth-order valence-electron chi connectivity index (χ4n) is 2.50. The van der Waals surface area contributed by atoms with Crippen LogP contribution in [-0.4, -0.2) is 60.0 Å². The summed E-state index contributed by atoms with van der Waals surface area (Å²) in [5, 5.41) is 21.3. The van der Waals surface area contributed by atoms with Gasteiger partial charge in [0.25, 0.3) is 0 Å². The zero-order valence-electron chi connectivity index (χ0n) is 15.5. The van der Waals surface area contributed by atoms with E-state index in [1.54, 1.807) is 0 Å². The van der Waals surface area contributed by atoms with Crippen molar-refractivity contribution in [3.8, 4) is 0 Å². The van der Waals surface area contributed by atoms with E-state index < -0.39 is 31.1 Å². The molecule has 3 N–H and O–H groups in total. The molecule has 0 aromatic heterocycles. The number of isocyanates is 2. The Morgan fingerprint density at radius 1 is 1.14 bits per heavy atom. The molecule has 9 nitrogen and oxygen atoms in total. The lowest BCUT2D eigenvalue weighted by atomic mass is 10.1. The Hall–Kier alpha value is -2.67. The Morgan fingerprint density at radius 2 is 1.89 bits per heavy atom. The Labute approximate surface area is 163 Å². The number of aliphatic hydroxyl groups excluding tert-OH is 2. The number of hydrogen-bond acceptors (Lipinski definition) is 9. The van der Waals surface area contributed by atoms with Crippen LogP contribution in [0.4, 0.5) is 0 Å². The van der Waals surface area contributed by atoms with Crippen molar-refractivity contribution in [2.24, 2.45) is 9.98 Å². The van der Waals surface area contributed by atoms with Crippen molar-refractivity contribution in [2.75, 3.05) is 13.2 Å². The quantitative estimate of drug-likeness (QED) is 0.139. The summed E-state index contributed by atoms with van der Waals surface area (Å²) in [6.45, 7) is -0.204. The molecule has 3 atom stereocenters. The van der Waals surface area contributed by atoms with Gasteiger partial charge in [-0.05, 0) is 24.8 Å². The largest absolute Gasteiger partial charge is 0.438 e. The van der Waals surface area contributed by atoms with E-state index in [9.17, 15) is 19.5 Å². The molecule has 0 aliphatic carbocycles. The Balaban J connectivity index is 2.67. The number of benzene rings is 1. The topological polar surface area (TPSA) is 138 Å². The van der Waals surface area contributed by atoms with Gasteiger partial charge in [-0.15, -0.1) is 0 Å². The first-order chi connectivity index (χ1) is 13.6. The Morgan fingerprint density at radius 3 is 2.54 bits per heavy atom. The van der Waals surface area contributed by atoms with Gasteiger partial charge in [-0.25, -0.2) is 14.6 Å². The highest BCUT2D eigenvalue weighted by Crippen LogP contribution is 2.12. The highest BCUT2D eigenvalue weighted by Gasteiger charge is 2.25. The Bertz CT molecular complexity index is 672. The molecule has 0 radical (unpaired) electrons. The number of aliphatic imine (C=N–C) groups is 2. The van der Waals surface area contributed by atoms with Crippen molar-refractivity contribution < 1.29 is 29.3 Å². The molecule has 2 unspecified atom stereocenters. The fourth-order valence-corrected chi connectivity index (χ4v) is 2.50. The van der Waals surface area contributed by atoms with Crippen molar-refractivity contribution in [3.63, 3.8) is 0 Å². The first kappa shape index (κ1) is 23.4. The number of aliphatic hydroxyl groups is 2. The van der Waals surface area contributed by atoms with E-state index in [1.165, 1.54) is 12.2 Å². The molecule has 152 valence electrons. The van der Waals surface area contributed by atoms with Crippen LogP contribution in [0.5, 0.6) is 0 Å². The number of carbonyl (C=O) groups excluding carboxylic acids is 3. The first-order valence-corrected chi connectivity index (χ1v) is 9.00. The SMILES string of the molecule is O=C=NCCCCCC(N=C=O)OC(=O)[C@H](Cc1ccccc1)NC(O)CO. The predicted octanol–water partition coefficient (Wildman–Crippen LogP) is 0.599. The third-order valence-corrected chi connectivity index (χ3v) is 3.87. The van der Waals surface area contributed by atoms with E-state index in [-0.39, 0.29) is 6.42 Å². The van der Waals surface area contributed by atoms with Gasteiger partial charge >= 0.3 is 5.97 Å². The second kappa shape index (κ2) is 14.4. The fraction of sp³-hybridized carbons (Fsp3) is 0.526. The van der Waals surface area contributed by atoms with Gasteiger partial charge in [-0.2, -0.15) is 4.99 Å². The van der Waals surface area contributed by atoms with E-state index in [1.807, 2.05) is 30.3 Å². The van der Waals surface area contributed by atoms with Gasteiger partial charge in [-0.3, -0.25) is 10.1 Å². The summed E-state index contributed by atoms with van der Waals surface area (Å²) in [7, 11) is 0. The molecular weight excluding hydrogens is 366 g/mol. The smallest absolute Gasteiger partial charge is 0.325 e. The number of esters is 1. The number of rotatable bonds is 14. The summed E-state index contributed by atoms with van der Waals surface area (Å²) >= 11 is 0. The van der Waals surface area contributed by atoms with Gasteiger partial charge in [0.2, 0.25) is 18.4 Å². The molecule has 0 saturated carbocycles. The minimum Gasteiger partial charge on any atom is -0.438 e. The number of ether oxygens (including phenoxy) is 1. The third-order valence-electron chi connectivity index (χ3n) is 3.87. The number of nitrogens with one attached hydrogen (secondary N) is 1. The molecule has 28 heavy (non-hydrogen) atoms. The van der Waals surface area contributed by atoms with Crippen LogP contribution in [0.25, 0.3) is 0 Å². The number of carbonyl (C=O) groups is 1. The zero-order valence-corrected chi connectivity index (χ0v) is 15.5. The molecule has 0 aliphatic heterocycles. The zero-order chi connectivity index (χ0) is 20.6. The number of hydrogen-bond donors (Lipinski definition) is 3. The number of nitrogens with zero attached hydrogens (tertiary/aromatic N) is 2. The van der Waals surface area contributed by atoms with Gasteiger partial charge in [0.1, 0.15) is 12.3 Å². The molecule has 0 spiro atoms. The van der Waals surface area contributed by atoms with Crippen LogP contribution in [0, 0.1) is 0 Å². The van der Waals surface area contributed by atoms with Crippen molar-refractivity contribution in [1.29, 1.82) is 0 Å². The van der Waals surface area contributed by atoms with Crippen LogP contribution in [0.1, 0.15) is 31.2 Å². The molecule has 0 aliphatic rings. The van der Waals surface area contributed by atoms with Crippen LogP contribution < -0.4 is 5.32 Å². The number of unbranched alkanes of at least 4 members (excludes halogenated alkanes) is 2. The molecule has 1 rings (SSSR count). The lowest BCUT2D eigenvalue weighted by molar-refractivity contribution is -0.152. The van der Waals surface area contributed by atoms with Gasteiger partial charge < -0.3 is 14.9 Å². The first-order valence-electron chi connectivity index (χ1n) is 9.00. The van der Waals surface area contributed by atoms with Gasteiger partial charge in [0, 0.05) is 6.42 Å². The summed E-state index contributed by atoms with van der Waals surface area (Å²) in [6.07, 6.45) is 3.07. The molecule has 0 fully saturated rings. The average Bonchev–Trinajstić information content (AvgIpc) is 2.70. The van der Waals surface area contributed by atoms with Crippen LogP contribution in [-0.2, 0) is 25.5 Å². The normalized spacial score (nSPS) is 13.5. The molecule has 1 aromatic rings. The lowest BCUT2D eigenvalue weighted by Crippen LogP contribution is -2.47. The molecule has 1 aromatic carbocycles. The average molecular weight is 391 g/mol. The van der Waals surface area contributed by atoms with E-state index >= 15 is 0 Å². The van der Waals surface area contributed by atoms with Crippen LogP contribution in [0.15, 0.2) is 40.3 Å². The Kier molecular flexibility index (Phi) is 12.0. The molecule has 9 heteroatoms. The summed E-state index contributed by atoms with van der Waals surface area (Å²) in [4.78, 5) is 40.1. The van der Waals surface area contributed by atoms with Crippen molar-refractivity contribution in [1.82, 2.24) is 5.32 Å². The second-order valence-corrected chi connectivity index (χ2v) is 6.04. The monoisotopic (exact) mass is 391 g/mol. The van der Waals surface area contributed by atoms with Crippen LogP contribution >= 0.6 is 0 Å². The maximum absolute atomic E-state index is 12.5. The molecular formula is C19H25N3O6.